The summed E-state index contributed by atoms with van der Waals surface area (Å²) in [6.07, 6.45) is 4.15. The third kappa shape index (κ3) is 2.83. The van der Waals surface area contributed by atoms with E-state index in [2.05, 4.69) is 59.6 Å². The number of fused-ring (bicyclic) bond motifs is 1. The van der Waals surface area contributed by atoms with Gasteiger partial charge in [0, 0.05) is 31.2 Å². The third-order valence-electron chi connectivity index (χ3n) is 5.04. The highest BCUT2D eigenvalue weighted by Crippen LogP contribution is 2.30. The number of likely N-dealkylation sites (tertiary alicyclic amines) is 1. The van der Waals surface area contributed by atoms with Gasteiger partial charge in [0.25, 0.3) is 0 Å². The van der Waals surface area contributed by atoms with Gasteiger partial charge in [0.2, 0.25) is 0 Å². The summed E-state index contributed by atoms with van der Waals surface area (Å²) in [4.78, 5) is 2.67. The first-order valence-electron chi connectivity index (χ1n) is 8.28. The average Bonchev–Trinajstić information content (AvgIpc) is 3.27. The molecule has 2 heteroatoms. The minimum Gasteiger partial charge on any atom is -0.306 e. The Labute approximate surface area is 127 Å². The van der Waals surface area contributed by atoms with E-state index in [-0.39, 0.29) is 0 Å². The molecule has 4 rings (SSSR count). The van der Waals surface area contributed by atoms with Gasteiger partial charge in [-0.2, -0.15) is 0 Å². The Morgan fingerprint density at radius 1 is 1.05 bits per heavy atom. The summed E-state index contributed by atoms with van der Waals surface area (Å²) in [7, 11) is 0. The van der Waals surface area contributed by atoms with Crippen LogP contribution in [0.4, 0.5) is 0 Å². The Morgan fingerprint density at radius 3 is 2.67 bits per heavy atom. The number of rotatable bonds is 4. The van der Waals surface area contributed by atoms with E-state index in [4.69, 9.17) is 0 Å². The molecule has 2 nitrogen and oxygen atoms in total. The molecule has 2 atom stereocenters. The molecule has 2 aromatic carbocycles. The van der Waals surface area contributed by atoms with Crippen molar-refractivity contribution in [1.82, 2.24) is 10.2 Å². The van der Waals surface area contributed by atoms with Crippen LogP contribution in [-0.2, 0) is 0 Å². The topological polar surface area (TPSA) is 15.3 Å². The van der Waals surface area contributed by atoms with Crippen molar-refractivity contribution in [1.29, 1.82) is 0 Å². The summed E-state index contributed by atoms with van der Waals surface area (Å²) in [5.41, 5.74) is 1.40. The van der Waals surface area contributed by atoms with Gasteiger partial charge in [-0.05, 0) is 48.6 Å². The van der Waals surface area contributed by atoms with Crippen LogP contribution in [0, 0.1) is 0 Å². The summed E-state index contributed by atoms with van der Waals surface area (Å²) < 4.78 is 0. The van der Waals surface area contributed by atoms with Crippen molar-refractivity contribution in [3.05, 3.63) is 48.0 Å². The summed E-state index contributed by atoms with van der Waals surface area (Å²) in [6, 6.07) is 17.5. The fourth-order valence-electron chi connectivity index (χ4n) is 3.62. The van der Waals surface area contributed by atoms with E-state index in [1.165, 1.54) is 48.7 Å². The van der Waals surface area contributed by atoms with Gasteiger partial charge in [-0.3, -0.25) is 4.90 Å². The highest BCUT2D eigenvalue weighted by atomic mass is 15.2. The largest absolute Gasteiger partial charge is 0.306 e. The van der Waals surface area contributed by atoms with Gasteiger partial charge < -0.3 is 5.32 Å². The van der Waals surface area contributed by atoms with E-state index in [0.717, 1.165) is 6.04 Å². The lowest BCUT2D eigenvalue weighted by molar-refractivity contribution is 0.313. The molecular weight excluding hydrogens is 256 g/mol. The van der Waals surface area contributed by atoms with Crippen LogP contribution < -0.4 is 5.32 Å². The predicted octanol–water partition coefficient (Wildman–Crippen LogP) is 3.73. The molecule has 2 aromatic rings. The highest BCUT2D eigenvalue weighted by molar-refractivity contribution is 5.83. The summed E-state index contributed by atoms with van der Waals surface area (Å²) >= 11 is 0. The van der Waals surface area contributed by atoms with Crippen LogP contribution in [-0.4, -0.2) is 30.1 Å². The van der Waals surface area contributed by atoms with Crippen molar-refractivity contribution in [2.24, 2.45) is 0 Å². The lowest BCUT2D eigenvalue weighted by Crippen LogP contribution is -2.34. The quantitative estimate of drug-likeness (QED) is 0.918. The molecule has 1 saturated carbocycles. The number of nitrogens with one attached hydrogen (secondary N) is 1. The Hall–Kier alpha value is -1.38. The van der Waals surface area contributed by atoms with Crippen LogP contribution in [0.3, 0.4) is 0 Å². The molecule has 1 aliphatic carbocycles. The molecule has 0 bridgehead atoms. The van der Waals surface area contributed by atoms with Gasteiger partial charge in [0.05, 0.1) is 0 Å². The van der Waals surface area contributed by atoms with Gasteiger partial charge in [-0.1, -0.05) is 36.4 Å². The second-order valence-corrected chi connectivity index (χ2v) is 6.71. The number of hydrogen-bond acceptors (Lipinski definition) is 2. The summed E-state index contributed by atoms with van der Waals surface area (Å²) in [5, 5.41) is 6.50. The molecule has 21 heavy (non-hydrogen) atoms. The fourth-order valence-corrected chi connectivity index (χ4v) is 3.62. The first kappa shape index (κ1) is 13.3. The number of hydrogen-bond donors (Lipinski definition) is 1. The lowest BCUT2D eigenvalue weighted by atomic mass is 10.0. The molecule has 2 fully saturated rings. The minimum absolute atomic E-state index is 0.429. The molecule has 2 unspecified atom stereocenters. The maximum atomic E-state index is 3.83. The molecule has 1 N–H and O–H groups in total. The van der Waals surface area contributed by atoms with E-state index >= 15 is 0 Å². The second kappa shape index (κ2) is 5.43. The van der Waals surface area contributed by atoms with E-state index in [9.17, 15) is 0 Å². The maximum Gasteiger partial charge on any atom is 0.0295 e. The Kier molecular flexibility index (Phi) is 3.44. The summed E-state index contributed by atoms with van der Waals surface area (Å²) in [5.74, 6) is 0. The van der Waals surface area contributed by atoms with Crippen LogP contribution in [0.1, 0.15) is 37.8 Å². The van der Waals surface area contributed by atoms with E-state index in [0.29, 0.717) is 12.1 Å². The highest BCUT2D eigenvalue weighted by Gasteiger charge is 2.34. The molecule has 0 aromatic heterocycles. The van der Waals surface area contributed by atoms with Gasteiger partial charge in [0.1, 0.15) is 0 Å². The Morgan fingerprint density at radius 2 is 1.86 bits per heavy atom. The fraction of sp³-hybridized carbons (Fsp3) is 0.474. The van der Waals surface area contributed by atoms with Crippen LogP contribution in [0.5, 0.6) is 0 Å². The van der Waals surface area contributed by atoms with Crippen LogP contribution in [0.2, 0.25) is 0 Å². The molecule has 0 radical (unpaired) electrons. The van der Waals surface area contributed by atoms with Gasteiger partial charge >= 0.3 is 0 Å². The molecule has 1 aliphatic heterocycles. The van der Waals surface area contributed by atoms with Crippen molar-refractivity contribution < 1.29 is 0 Å². The zero-order valence-electron chi connectivity index (χ0n) is 12.8. The molecule has 0 amide bonds. The van der Waals surface area contributed by atoms with E-state index in [1.54, 1.807) is 0 Å². The monoisotopic (exact) mass is 280 g/mol. The van der Waals surface area contributed by atoms with Crippen molar-refractivity contribution in [3.8, 4) is 0 Å². The van der Waals surface area contributed by atoms with E-state index in [1.807, 2.05) is 0 Å². The van der Waals surface area contributed by atoms with Gasteiger partial charge in [0.15, 0.2) is 0 Å². The van der Waals surface area contributed by atoms with Crippen molar-refractivity contribution in [3.63, 3.8) is 0 Å². The van der Waals surface area contributed by atoms with Crippen molar-refractivity contribution in [2.45, 2.75) is 44.3 Å². The number of benzene rings is 2. The van der Waals surface area contributed by atoms with E-state index < -0.39 is 0 Å². The summed E-state index contributed by atoms with van der Waals surface area (Å²) in [6.45, 7) is 4.82. The molecule has 1 saturated heterocycles. The molecular formula is C19H24N2. The molecule has 110 valence electrons. The van der Waals surface area contributed by atoms with Crippen LogP contribution in [0.25, 0.3) is 10.8 Å². The number of nitrogens with zero attached hydrogens (tertiary/aromatic N) is 1. The molecule has 0 spiro atoms. The Balaban J connectivity index is 1.44. The smallest absolute Gasteiger partial charge is 0.0295 e. The first-order chi connectivity index (χ1) is 10.3. The van der Waals surface area contributed by atoms with Crippen LogP contribution in [0.15, 0.2) is 42.5 Å². The average molecular weight is 280 g/mol. The van der Waals surface area contributed by atoms with Crippen molar-refractivity contribution >= 4 is 10.8 Å². The van der Waals surface area contributed by atoms with Gasteiger partial charge in [-0.15, -0.1) is 0 Å². The predicted molar refractivity (Wildman–Crippen MR) is 88.5 cm³/mol. The normalized spacial score (nSPS) is 24.5. The second-order valence-electron chi connectivity index (χ2n) is 6.71. The SMILES string of the molecule is CC(NC1CCN(C2CC2)C1)c1ccc2ccccc2c1. The lowest BCUT2D eigenvalue weighted by Gasteiger charge is -2.21. The maximum absolute atomic E-state index is 3.83. The first-order valence-corrected chi connectivity index (χ1v) is 8.28. The zero-order valence-corrected chi connectivity index (χ0v) is 12.8. The van der Waals surface area contributed by atoms with Gasteiger partial charge in [-0.25, -0.2) is 0 Å². The minimum atomic E-state index is 0.429. The van der Waals surface area contributed by atoms with Crippen LogP contribution >= 0.6 is 0 Å². The Bertz CT molecular complexity index is 632. The standard InChI is InChI=1S/C19H24N2/c1-14(20-18-10-11-21(13-18)19-8-9-19)16-7-6-15-4-2-3-5-17(15)12-16/h2-7,12,14,18-20H,8-11,13H2,1H3. The third-order valence-corrected chi connectivity index (χ3v) is 5.04. The van der Waals surface area contributed by atoms with Crippen molar-refractivity contribution in [2.75, 3.05) is 13.1 Å². The molecule has 2 aliphatic rings. The molecule has 1 heterocycles. The zero-order chi connectivity index (χ0) is 14.2.